The SMILES string of the molecule is N#Cc1cccc2c1CC(CNCCC1(N)CCN(c3ccc4c(n3)NC(=O)CO4)C1)C2. The summed E-state index contributed by atoms with van der Waals surface area (Å²) in [5.41, 5.74) is 9.80. The molecule has 3 aliphatic rings. The third kappa shape index (κ3) is 4.14. The zero-order valence-corrected chi connectivity index (χ0v) is 18.1. The van der Waals surface area contributed by atoms with Gasteiger partial charge in [-0.2, -0.15) is 5.26 Å². The molecule has 2 atom stereocenters. The second kappa shape index (κ2) is 8.41. The lowest BCUT2D eigenvalue weighted by Gasteiger charge is -2.26. The van der Waals surface area contributed by atoms with E-state index in [-0.39, 0.29) is 18.1 Å². The number of nitrogens with one attached hydrogen (secondary N) is 2. The molecule has 2 aliphatic heterocycles. The molecule has 0 radical (unpaired) electrons. The van der Waals surface area contributed by atoms with Gasteiger partial charge in [-0.3, -0.25) is 4.79 Å². The minimum Gasteiger partial charge on any atom is -0.480 e. The van der Waals surface area contributed by atoms with E-state index in [1.54, 1.807) is 0 Å². The average Bonchev–Trinajstić information content (AvgIpc) is 3.40. The molecule has 4 N–H and O–H groups in total. The molecule has 1 aliphatic carbocycles. The highest BCUT2D eigenvalue weighted by Gasteiger charge is 2.35. The number of nitrogens with two attached hydrogens (primary N) is 1. The van der Waals surface area contributed by atoms with Crippen molar-refractivity contribution in [2.24, 2.45) is 11.7 Å². The van der Waals surface area contributed by atoms with Gasteiger partial charge in [0.25, 0.3) is 5.91 Å². The smallest absolute Gasteiger partial charge is 0.263 e. The Morgan fingerprint density at radius 2 is 2.25 bits per heavy atom. The van der Waals surface area contributed by atoms with E-state index in [2.05, 4.69) is 32.7 Å². The predicted octanol–water partition coefficient (Wildman–Crippen LogP) is 1.59. The van der Waals surface area contributed by atoms with Crippen LogP contribution < -0.4 is 26.0 Å². The van der Waals surface area contributed by atoms with Crippen LogP contribution in [0.5, 0.6) is 5.75 Å². The van der Waals surface area contributed by atoms with E-state index < -0.39 is 0 Å². The summed E-state index contributed by atoms with van der Waals surface area (Å²) in [6, 6.07) is 12.1. The number of anilines is 2. The number of carbonyl (C=O) groups is 1. The average molecular weight is 433 g/mol. The van der Waals surface area contributed by atoms with Crippen LogP contribution in [0.1, 0.15) is 29.5 Å². The van der Waals surface area contributed by atoms with Gasteiger partial charge in [-0.25, -0.2) is 4.98 Å². The maximum Gasteiger partial charge on any atom is 0.263 e. The van der Waals surface area contributed by atoms with Gasteiger partial charge in [-0.1, -0.05) is 12.1 Å². The van der Waals surface area contributed by atoms with Gasteiger partial charge in [0.05, 0.1) is 11.6 Å². The fourth-order valence-electron chi connectivity index (χ4n) is 5.06. The van der Waals surface area contributed by atoms with Crippen molar-refractivity contribution < 1.29 is 9.53 Å². The number of aromatic nitrogens is 1. The standard InChI is InChI=1S/C24H28N6O2/c25-12-18-3-1-2-17-10-16(11-19(17)18)13-27-8-6-24(26)7-9-30(15-24)21-5-4-20-23(28-21)29-22(31)14-32-20/h1-5,16,27H,6-11,13-15,26H2,(H,28,29,31). The van der Waals surface area contributed by atoms with Crippen LogP contribution in [0.2, 0.25) is 0 Å². The molecule has 5 rings (SSSR count). The summed E-state index contributed by atoms with van der Waals surface area (Å²) in [5.74, 6) is 2.24. The fraction of sp³-hybridized carbons (Fsp3) is 0.458. The van der Waals surface area contributed by atoms with Crippen LogP contribution in [0.3, 0.4) is 0 Å². The molecule has 0 saturated carbocycles. The number of nitrogens with zero attached hydrogens (tertiary/aromatic N) is 3. The summed E-state index contributed by atoms with van der Waals surface area (Å²) in [7, 11) is 0. The Hall–Kier alpha value is -3.15. The first kappa shape index (κ1) is 20.7. The number of rotatable bonds is 6. The molecule has 32 heavy (non-hydrogen) atoms. The van der Waals surface area contributed by atoms with E-state index in [1.165, 1.54) is 11.1 Å². The van der Waals surface area contributed by atoms with Crippen LogP contribution in [0.15, 0.2) is 30.3 Å². The third-order valence-corrected chi connectivity index (χ3v) is 6.80. The predicted molar refractivity (Wildman–Crippen MR) is 122 cm³/mol. The molecule has 1 fully saturated rings. The lowest BCUT2D eigenvalue weighted by Crippen LogP contribution is -2.45. The largest absolute Gasteiger partial charge is 0.480 e. The molecule has 0 bridgehead atoms. The first-order valence-corrected chi connectivity index (χ1v) is 11.2. The van der Waals surface area contributed by atoms with Gasteiger partial charge in [-0.05, 0) is 74.0 Å². The van der Waals surface area contributed by atoms with Crippen LogP contribution in [-0.2, 0) is 17.6 Å². The number of hydrogen-bond donors (Lipinski definition) is 3. The molecular weight excluding hydrogens is 404 g/mol. The van der Waals surface area contributed by atoms with Crippen LogP contribution in [0.25, 0.3) is 0 Å². The maximum atomic E-state index is 11.6. The number of amides is 1. The zero-order chi connectivity index (χ0) is 22.1. The first-order valence-electron chi connectivity index (χ1n) is 11.2. The van der Waals surface area contributed by atoms with Crippen molar-refractivity contribution in [2.75, 3.05) is 43.0 Å². The molecule has 2 aromatic rings. The molecule has 1 saturated heterocycles. The minimum absolute atomic E-state index is 0.0308. The highest BCUT2D eigenvalue weighted by molar-refractivity contribution is 5.94. The number of carbonyl (C=O) groups excluding carboxylic acids is 1. The number of pyridine rings is 1. The zero-order valence-electron chi connectivity index (χ0n) is 18.1. The van der Waals surface area contributed by atoms with Gasteiger partial charge < -0.3 is 26.0 Å². The van der Waals surface area contributed by atoms with Crippen molar-refractivity contribution >= 4 is 17.5 Å². The van der Waals surface area contributed by atoms with Crippen molar-refractivity contribution in [3.05, 3.63) is 47.0 Å². The summed E-state index contributed by atoms with van der Waals surface area (Å²) in [4.78, 5) is 18.3. The summed E-state index contributed by atoms with van der Waals surface area (Å²) in [6.07, 6.45) is 3.79. The quantitative estimate of drug-likeness (QED) is 0.594. The van der Waals surface area contributed by atoms with Crippen LogP contribution in [0, 0.1) is 17.2 Å². The Balaban J connectivity index is 1.11. The fourth-order valence-corrected chi connectivity index (χ4v) is 5.06. The van der Waals surface area contributed by atoms with Crippen molar-refractivity contribution in [2.45, 2.75) is 31.2 Å². The van der Waals surface area contributed by atoms with Crippen molar-refractivity contribution in [3.8, 4) is 11.8 Å². The Labute approximate surface area is 187 Å². The third-order valence-electron chi connectivity index (χ3n) is 6.80. The molecule has 3 heterocycles. The van der Waals surface area contributed by atoms with Crippen LogP contribution in [0.4, 0.5) is 11.6 Å². The molecule has 8 heteroatoms. The molecule has 1 amide bonds. The molecule has 0 spiro atoms. The number of ether oxygens (including phenoxy) is 1. The lowest BCUT2D eigenvalue weighted by atomic mass is 9.95. The van der Waals surface area contributed by atoms with E-state index in [0.717, 1.165) is 63.2 Å². The van der Waals surface area contributed by atoms with Gasteiger partial charge in [0.1, 0.15) is 5.82 Å². The second-order valence-electron chi connectivity index (χ2n) is 9.17. The normalized spacial score (nSPS) is 23.8. The van der Waals surface area contributed by atoms with Gasteiger partial charge in [-0.15, -0.1) is 0 Å². The van der Waals surface area contributed by atoms with Crippen molar-refractivity contribution in [3.63, 3.8) is 0 Å². The molecule has 1 aromatic heterocycles. The van der Waals surface area contributed by atoms with Gasteiger partial charge in [0.15, 0.2) is 18.2 Å². The lowest BCUT2D eigenvalue weighted by molar-refractivity contribution is -0.118. The molecule has 8 nitrogen and oxygen atoms in total. The van der Waals surface area contributed by atoms with Crippen LogP contribution in [-0.4, -0.2) is 49.2 Å². The summed E-state index contributed by atoms with van der Waals surface area (Å²) < 4.78 is 5.39. The van der Waals surface area contributed by atoms with E-state index in [1.807, 2.05) is 24.3 Å². The summed E-state index contributed by atoms with van der Waals surface area (Å²) in [6.45, 7) is 3.40. The van der Waals surface area contributed by atoms with Crippen molar-refractivity contribution in [1.82, 2.24) is 10.3 Å². The van der Waals surface area contributed by atoms with Gasteiger partial charge in [0.2, 0.25) is 0 Å². The number of benzene rings is 1. The van der Waals surface area contributed by atoms with Gasteiger partial charge in [0, 0.05) is 18.6 Å². The molecule has 166 valence electrons. The Bertz CT molecular complexity index is 1080. The topological polar surface area (TPSA) is 116 Å². The van der Waals surface area contributed by atoms with E-state index in [0.29, 0.717) is 17.5 Å². The number of fused-ring (bicyclic) bond motifs is 2. The van der Waals surface area contributed by atoms with E-state index >= 15 is 0 Å². The van der Waals surface area contributed by atoms with Crippen LogP contribution >= 0.6 is 0 Å². The maximum absolute atomic E-state index is 11.6. The second-order valence-corrected chi connectivity index (χ2v) is 9.17. The number of nitriles is 1. The highest BCUT2D eigenvalue weighted by atomic mass is 16.5. The molecule has 1 aromatic carbocycles. The van der Waals surface area contributed by atoms with E-state index in [9.17, 15) is 10.1 Å². The monoisotopic (exact) mass is 432 g/mol. The molecular formula is C24H28N6O2. The first-order chi connectivity index (χ1) is 15.5. The Kier molecular flexibility index (Phi) is 5.45. The Morgan fingerprint density at radius 3 is 3.12 bits per heavy atom. The minimum atomic E-state index is -0.267. The van der Waals surface area contributed by atoms with Crippen molar-refractivity contribution in [1.29, 1.82) is 5.26 Å². The summed E-state index contributed by atoms with van der Waals surface area (Å²) >= 11 is 0. The Morgan fingerprint density at radius 1 is 1.34 bits per heavy atom. The summed E-state index contributed by atoms with van der Waals surface area (Å²) in [5, 5.41) is 15.7. The number of hydrogen-bond acceptors (Lipinski definition) is 7. The highest BCUT2D eigenvalue weighted by Crippen LogP contribution is 2.32. The van der Waals surface area contributed by atoms with Gasteiger partial charge >= 0.3 is 0 Å². The molecule has 2 unspecified atom stereocenters. The van der Waals surface area contributed by atoms with E-state index in [4.69, 9.17) is 10.5 Å².